The molecule has 18 heavy (non-hydrogen) atoms. The molecule has 0 aromatic heterocycles. The van der Waals surface area contributed by atoms with Gasteiger partial charge in [0, 0.05) is 18.7 Å². The third-order valence-corrected chi connectivity index (χ3v) is 2.12. The maximum absolute atomic E-state index is 11.0. The van der Waals surface area contributed by atoms with Crippen LogP contribution >= 0.6 is 0 Å². The summed E-state index contributed by atoms with van der Waals surface area (Å²) in [6.45, 7) is 6.53. The Morgan fingerprint density at radius 1 is 1.22 bits per heavy atom. The van der Waals surface area contributed by atoms with Crippen LogP contribution in [0.25, 0.3) is 0 Å². The van der Waals surface area contributed by atoms with Crippen molar-refractivity contribution in [3.63, 3.8) is 0 Å². The van der Waals surface area contributed by atoms with Crippen LogP contribution in [-0.4, -0.2) is 31.8 Å². The lowest BCUT2D eigenvalue weighted by atomic mass is 10.1. The van der Waals surface area contributed by atoms with Crippen LogP contribution in [0.3, 0.4) is 0 Å². The van der Waals surface area contributed by atoms with Crippen LogP contribution in [-0.2, 0) is 0 Å². The lowest BCUT2D eigenvalue weighted by molar-refractivity contribution is 0.0697. The van der Waals surface area contributed by atoms with Gasteiger partial charge in [0.25, 0.3) is 0 Å². The second-order valence-electron chi connectivity index (χ2n) is 3.09. The summed E-state index contributed by atoms with van der Waals surface area (Å²) in [6, 6.07) is 3.06. The molecular weight excluding hydrogens is 234 g/mol. The first-order chi connectivity index (χ1) is 8.63. The van der Waals surface area contributed by atoms with Gasteiger partial charge in [-0.1, -0.05) is 13.8 Å². The van der Waals surface area contributed by atoms with Gasteiger partial charge in [-0.25, -0.2) is 4.79 Å². The largest absolute Gasteiger partial charge is 0.493 e. The monoisotopic (exact) mass is 255 g/mol. The van der Waals surface area contributed by atoms with Crippen LogP contribution in [0.5, 0.6) is 11.5 Å². The Morgan fingerprint density at radius 3 is 2.11 bits per heavy atom. The first kappa shape index (κ1) is 16.1. The van der Waals surface area contributed by atoms with E-state index >= 15 is 0 Å². The van der Waals surface area contributed by atoms with Gasteiger partial charge in [0.05, 0.1) is 25.5 Å². The van der Waals surface area contributed by atoms with E-state index in [4.69, 9.17) is 14.6 Å². The molecule has 0 unspecified atom stereocenters. The third-order valence-electron chi connectivity index (χ3n) is 2.12. The van der Waals surface area contributed by atoms with Crippen molar-refractivity contribution < 1.29 is 19.4 Å². The van der Waals surface area contributed by atoms with Crippen LogP contribution in [0.2, 0.25) is 0 Å². The lowest BCUT2D eigenvalue weighted by Crippen LogP contribution is -2.07. The number of anilines is 1. The number of benzene rings is 1. The van der Waals surface area contributed by atoms with Gasteiger partial charge >= 0.3 is 5.97 Å². The molecule has 0 saturated heterocycles. The quantitative estimate of drug-likeness (QED) is 0.846. The summed E-state index contributed by atoms with van der Waals surface area (Å²) in [5.41, 5.74) is 0.687. The van der Waals surface area contributed by atoms with E-state index in [0.29, 0.717) is 23.7 Å². The number of carboxylic acid groups (broad SMARTS) is 1. The number of rotatable bonds is 5. The Labute approximate surface area is 108 Å². The van der Waals surface area contributed by atoms with Crippen LogP contribution in [0, 0.1) is 0 Å². The van der Waals surface area contributed by atoms with Gasteiger partial charge in [-0.05, 0) is 6.92 Å². The maximum Gasteiger partial charge on any atom is 0.337 e. The third kappa shape index (κ3) is 3.84. The van der Waals surface area contributed by atoms with Gasteiger partial charge < -0.3 is 19.9 Å². The van der Waals surface area contributed by atoms with Crippen molar-refractivity contribution in [1.29, 1.82) is 0 Å². The zero-order chi connectivity index (χ0) is 14.1. The summed E-state index contributed by atoms with van der Waals surface area (Å²) >= 11 is 0. The topological polar surface area (TPSA) is 67.8 Å². The highest BCUT2D eigenvalue weighted by atomic mass is 16.5. The number of ether oxygens (including phenoxy) is 2. The normalized spacial score (nSPS) is 8.94. The van der Waals surface area contributed by atoms with E-state index in [0.717, 1.165) is 0 Å². The molecule has 0 radical (unpaired) electrons. The van der Waals surface area contributed by atoms with Gasteiger partial charge in [-0.2, -0.15) is 0 Å². The Hall–Kier alpha value is -1.91. The molecule has 0 saturated carbocycles. The Kier molecular flexibility index (Phi) is 7.35. The maximum atomic E-state index is 11.0. The standard InChI is InChI=1S/C11H15NO4.C2H6/c1-4-12-8-6-10(16-3)9(15-2)5-7(8)11(13)14;1-2/h5-6,12H,4H2,1-3H3,(H,13,14);1-2H3. The highest BCUT2D eigenvalue weighted by molar-refractivity contribution is 5.95. The van der Waals surface area contributed by atoms with E-state index < -0.39 is 5.97 Å². The summed E-state index contributed by atoms with van der Waals surface area (Å²) < 4.78 is 10.1. The van der Waals surface area contributed by atoms with Crippen molar-refractivity contribution in [1.82, 2.24) is 0 Å². The van der Waals surface area contributed by atoms with Crippen LogP contribution < -0.4 is 14.8 Å². The van der Waals surface area contributed by atoms with Gasteiger partial charge in [-0.15, -0.1) is 0 Å². The predicted octanol–water partition coefficient (Wildman–Crippen LogP) is 2.86. The molecule has 102 valence electrons. The van der Waals surface area contributed by atoms with E-state index in [2.05, 4.69) is 5.32 Å². The van der Waals surface area contributed by atoms with Gasteiger partial charge in [-0.3, -0.25) is 0 Å². The molecule has 0 fully saturated rings. The van der Waals surface area contributed by atoms with E-state index in [1.807, 2.05) is 20.8 Å². The van der Waals surface area contributed by atoms with E-state index in [1.54, 1.807) is 6.07 Å². The van der Waals surface area contributed by atoms with Gasteiger partial charge in [0.2, 0.25) is 0 Å². The molecule has 0 bridgehead atoms. The molecule has 1 aromatic rings. The summed E-state index contributed by atoms with van der Waals surface area (Å²) in [5.74, 6) is -0.0955. The van der Waals surface area contributed by atoms with Crippen LogP contribution in [0.15, 0.2) is 12.1 Å². The van der Waals surface area contributed by atoms with Crippen molar-refractivity contribution in [3.05, 3.63) is 17.7 Å². The molecule has 0 heterocycles. The molecule has 0 aliphatic rings. The molecule has 0 aliphatic heterocycles. The first-order valence-electron chi connectivity index (χ1n) is 5.87. The minimum atomic E-state index is -1.00. The number of methoxy groups -OCH3 is 2. The van der Waals surface area contributed by atoms with Crippen molar-refractivity contribution in [2.24, 2.45) is 0 Å². The highest BCUT2D eigenvalue weighted by Crippen LogP contribution is 2.33. The number of carbonyl (C=O) groups is 1. The Morgan fingerprint density at radius 2 is 1.72 bits per heavy atom. The molecule has 1 aromatic carbocycles. The fourth-order valence-electron chi connectivity index (χ4n) is 1.39. The summed E-state index contributed by atoms with van der Waals surface area (Å²) in [7, 11) is 2.98. The molecule has 0 aliphatic carbocycles. The van der Waals surface area contributed by atoms with Crippen LogP contribution in [0.1, 0.15) is 31.1 Å². The molecule has 0 amide bonds. The zero-order valence-electron chi connectivity index (χ0n) is 11.5. The summed E-state index contributed by atoms with van der Waals surface area (Å²) in [5, 5.41) is 12.0. The van der Waals surface area contributed by atoms with E-state index in [-0.39, 0.29) is 5.56 Å². The lowest BCUT2D eigenvalue weighted by Gasteiger charge is -2.13. The molecular formula is C13H21NO4. The molecule has 5 nitrogen and oxygen atoms in total. The number of hydrogen-bond donors (Lipinski definition) is 2. The van der Waals surface area contributed by atoms with Gasteiger partial charge in [0.15, 0.2) is 11.5 Å². The highest BCUT2D eigenvalue weighted by Gasteiger charge is 2.15. The van der Waals surface area contributed by atoms with Crippen molar-refractivity contribution >= 4 is 11.7 Å². The molecule has 0 spiro atoms. The van der Waals surface area contributed by atoms with Gasteiger partial charge in [0.1, 0.15) is 0 Å². The Balaban J connectivity index is 0.00000137. The first-order valence-corrected chi connectivity index (χ1v) is 5.87. The fourth-order valence-corrected chi connectivity index (χ4v) is 1.39. The van der Waals surface area contributed by atoms with E-state index in [9.17, 15) is 4.79 Å². The second-order valence-corrected chi connectivity index (χ2v) is 3.09. The average Bonchev–Trinajstić information content (AvgIpc) is 2.40. The van der Waals surface area contributed by atoms with Crippen molar-refractivity contribution in [2.45, 2.75) is 20.8 Å². The summed E-state index contributed by atoms with van der Waals surface area (Å²) in [4.78, 5) is 11.0. The van der Waals surface area contributed by atoms with Crippen molar-refractivity contribution in [3.8, 4) is 11.5 Å². The van der Waals surface area contributed by atoms with E-state index in [1.165, 1.54) is 20.3 Å². The average molecular weight is 255 g/mol. The Bertz CT molecular complexity index is 391. The SMILES string of the molecule is CC.CCNc1cc(OC)c(OC)cc1C(=O)O. The fraction of sp³-hybridized carbons (Fsp3) is 0.462. The predicted molar refractivity (Wildman–Crippen MR) is 72.0 cm³/mol. The smallest absolute Gasteiger partial charge is 0.337 e. The number of carboxylic acids is 1. The second kappa shape index (κ2) is 8.22. The zero-order valence-corrected chi connectivity index (χ0v) is 11.5. The minimum Gasteiger partial charge on any atom is -0.493 e. The summed E-state index contributed by atoms with van der Waals surface area (Å²) in [6.07, 6.45) is 0. The van der Waals surface area contributed by atoms with Crippen LogP contribution in [0.4, 0.5) is 5.69 Å². The molecule has 5 heteroatoms. The minimum absolute atomic E-state index is 0.166. The number of nitrogens with one attached hydrogen (secondary N) is 1. The van der Waals surface area contributed by atoms with Crippen molar-refractivity contribution in [2.75, 3.05) is 26.1 Å². The molecule has 1 rings (SSSR count). The number of aromatic carboxylic acids is 1. The molecule has 2 N–H and O–H groups in total. The number of hydrogen-bond acceptors (Lipinski definition) is 4. The molecule has 0 atom stereocenters.